The van der Waals surface area contributed by atoms with E-state index in [1.165, 1.54) is 64.2 Å². The number of amides is 1. The van der Waals surface area contributed by atoms with Crippen LogP contribution in [0.3, 0.4) is 0 Å². The van der Waals surface area contributed by atoms with E-state index < -0.39 is 36.1 Å². The van der Waals surface area contributed by atoms with Crippen LogP contribution < -0.4 is 5.32 Å². The molecule has 3 atom stereocenters. The molecule has 0 aromatic rings. The second-order valence-corrected chi connectivity index (χ2v) is 9.60. The van der Waals surface area contributed by atoms with Gasteiger partial charge in [0, 0.05) is 0 Å². The van der Waals surface area contributed by atoms with Gasteiger partial charge in [0.1, 0.15) is 11.7 Å². The van der Waals surface area contributed by atoms with E-state index in [0.717, 1.165) is 12.8 Å². The Kier molecular flexibility index (Phi) is 13.6. The number of aliphatic hydroxyl groups excluding tert-OH is 1. The SMILES string of the molecule is CCCCCCCCCCCCCC[C@H]1OC(=O)O[C@H]1[C@H](CO)NC(=O)OC(C)(C)C. The molecule has 1 heterocycles. The molecule has 0 bridgehead atoms. The highest BCUT2D eigenvalue weighted by Gasteiger charge is 2.42. The van der Waals surface area contributed by atoms with E-state index in [4.69, 9.17) is 14.2 Å². The molecule has 7 nitrogen and oxygen atoms in total. The summed E-state index contributed by atoms with van der Waals surface area (Å²) in [5.74, 6) is 0. The number of ether oxygens (including phenoxy) is 3. The molecule has 1 rings (SSSR count). The predicted molar refractivity (Wildman–Crippen MR) is 121 cm³/mol. The van der Waals surface area contributed by atoms with E-state index in [9.17, 15) is 14.7 Å². The summed E-state index contributed by atoms with van der Waals surface area (Å²) in [6.45, 7) is 7.16. The topological polar surface area (TPSA) is 94.1 Å². The first kappa shape index (κ1) is 27.5. The molecule has 31 heavy (non-hydrogen) atoms. The van der Waals surface area contributed by atoms with Gasteiger partial charge in [0.05, 0.1) is 12.6 Å². The van der Waals surface area contributed by atoms with E-state index in [0.29, 0.717) is 6.42 Å². The van der Waals surface area contributed by atoms with Crippen molar-refractivity contribution in [3.05, 3.63) is 0 Å². The molecule has 182 valence electrons. The highest BCUT2D eigenvalue weighted by Crippen LogP contribution is 2.24. The average Bonchev–Trinajstić information content (AvgIpc) is 3.06. The minimum atomic E-state index is -0.761. The summed E-state index contributed by atoms with van der Waals surface area (Å²) in [7, 11) is 0. The third-order valence-corrected chi connectivity index (χ3v) is 5.48. The Bertz CT molecular complexity index is 505. The van der Waals surface area contributed by atoms with Crippen molar-refractivity contribution in [2.24, 2.45) is 0 Å². The van der Waals surface area contributed by atoms with E-state index in [2.05, 4.69) is 12.2 Å². The smallest absolute Gasteiger partial charge is 0.444 e. The first-order valence-electron chi connectivity index (χ1n) is 12.2. The van der Waals surface area contributed by atoms with Crippen molar-refractivity contribution in [1.29, 1.82) is 0 Å². The zero-order chi connectivity index (χ0) is 23.1. The van der Waals surface area contributed by atoms with Crippen LogP contribution in [0.4, 0.5) is 9.59 Å². The molecule has 0 aromatic heterocycles. The number of hydrogen-bond donors (Lipinski definition) is 2. The van der Waals surface area contributed by atoms with Crippen LogP contribution in [0.5, 0.6) is 0 Å². The van der Waals surface area contributed by atoms with Crippen molar-refractivity contribution in [2.75, 3.05) is 6.61 Å². The van der Waals surface area contributed by atoms with E-state index in [-0.39, 0.29) is 6.61 Å². The minimum Gasteiger partial charge on any atom is -0.444 e. The number of hydrogen-bond acceptors (Lipinski definition) is 6. The number of carbonyl (C=O) groups excluding carboxylic acids is 2. The number of rotatable bonds is 16. The number of alkyl carbamates (subject to hydrolysis) is 1. The summed E-state index contributed by atoms with van der Waals surface area (Å²) in [5, 5.41) is 12.3. The van der Waals surface area contributed by atoms with Crippen molar-refractivity contribution in [3.8, 4) is 0 Å². The maximum absolute atomic E-state index is 12.0. The number of cyclic esters (lactones) is 2. The Morgan fingerprint density at radius 2 is 1.48 bits per heavy atom. The zero-order valence-corrected chi connectivity index (χ0v) is 20.1. The maximum atomic E-state index is 12.0. The lowest BCUT2D eigenvalue weighted by Gasteiger charge is -2.26. The fourth-order valence-corrected chi connectivity index (χ4v) is 3.85. The summed E-state index contributed by atoms with van der Waals surface area (Å²) in [5.41, 5.74) is -0.651. The molecule has 1 saturated heterocycles. The van der Waals surface area contributed by atoms with Gasteiger partial charge in [-0.1, -0.05) is 77.6 Å². The molecular formula is C24H45NO6. The van der Waals surface area contributed by atoms with Crippen molar-refractivity contribution in [1.82, 2.24) is 5.32 Å². The molecule has 1 amide bonds. The highest BCUT2D eigenvalue weighted by molar-refractivity contribution is 5.68. The summed E-state index contributed by atoms with van der Waals surface area (Å²) in [6.07, 6.45) is 13.2. The number of unbranched alkanes of at least 4 members (excludes halogenated alkanes) is 11. The second kappa shape index (κ2) is 15.3. The Hall–Kier alpha value is -1.50. The van der Waals surface area contributed by atoms with Gasteiger partial charge < -0.3 is 24.6 Å². The molecular weight excluding hydrogens is 398 g/mol. The third-order valence-electron chi connectivity index (χ3n) is 5.48. The number of carbonyl (C=O) groups is 2. The summed E-state index contributed by atoms with van der Waals surface area (Å²) < 4.78 is 15.7. The Morgan fingerprint density at radius 3 is 1.97 bits per heavy atom. The lowest BCUT2D eigenvalue weighted by Crippen LogP contribution is -2.50. The molecule has 0 aliphatic carbocycles. The average molecular weight is 444 g/mol. The summed E-state index contributed by atoms with van der Waals surface area (Å²) in [6, 6.07) is -0.761. The molecule has 7 heteroatoms. The van der Waals surface area contributed by atoms with Crippen LogP contribution in [-0.4, -0.2) is 47.8 Å². The molecule has 1 aliphatic heterocycles. The van der Waals surface area contributed by atoms with Crippen LogP contribution in [0.15, 0.2) is 0 Å². The number of aliphatic hydroxyl groups is 1. The molecule has 2 N–H and O–H groups in total. The third kappa shape index (κ3) is 12.8. The van der Waals surface area contributed by atoms with Crippen molar-refractivity contribution < 1.29 is 28.9 Å². The first-order chi connectivity index (χ1) is 14.8. The van der Waals surface area contributed by atoms with Crippen LogP contribution in [0.1, 0.15) is 111 Å². The normalized spacial score (nSPS) is 19.6. The fraction of sp³-hybridized carbons (Fsp3) is 0.917. The zero-order valence-electron chi connectivity index (χ0n) is 20.1. The van der Waals surface area contributed by atoms with Gasteiger partial charge in [0.15, 0.2) is 6.10 Å². The van der Waals surface area contributed by atoms with Crippen molar-refractivity contribution in [3.63, 3.8) is 0 Å². The van der Waals surface area contributed by atoms with Gasteiger partial charge >= 0.3 is 12.2 Å². The van der Waals surface area contributed by atoms with Crippen LogP contribution >= 0.6 is 0 Å². The first-order valence-corrected chi connectivity index (χ1v) is 12.2. The Balaban J connectivity index is 2.22. The van der Waals surface area contributed by atoms with Crippen LogP contribution in [-0.2, 0) is 14.2 Å². The van der Waals surface area contributed by atoms with Crippen LogP contribution in [0, 0.1) is 0 Å². The van der Waals surface area contributed by atoms with E-state index in [1.54, 1.807) is 20.8 Å². The van der Waals surface area contributed by atoms with Gasteiger partial charge in [0.2, 0.25) is 0 Å². The van der Waals surface area contributed by atoms with Gasteiger partial charge in [0.25, 0.3) is 0 Å². The van der Waals surface area contributed by atoms with Crippen LogP contribution in [0.25, 0.3) is 0 Å². The minimum absolute atomic E-state index is 0.366. The fourth-order valence-electron chi connectivity index (χ4n) is 3.85. The molecule has 0 aromatic carbocycles. The maximum Gasteiger partial charge on any atom is 0.509 e. The van der Waals surface area contributed by atoms with Crippen LogP contribution in [0.2, 0.25) is 0 Å². The largest absolute Gasteiger partial charge is 0.509 e. The predicted octanol–water partition coefficient (Wildman–Crippen LogP) is 5.87. The van der Waals surface area contributed by atoms with Gasteiger partial charge in [-0.25, -0.2) is 9.59 Å². The highest BCUT2D eigenvalue weighted by atomic mass is 16.8. The quantitative estimate of drug-likeness (QED) is 0.229. The summed E-state index contributed by atoms with van der Waals surface area (Å²) >= 11 is 0. The molecule has 0 spiro atoms. The van der Waals surface area contributed by atoms with E-state index in [1.807, 2.05) is 0 Å². The lowest BCUT2D eigenvalue weighted by molar-refractivity contribution is 0.0324. The Labute approximate surface area is 188 Å². The molecule has 0 radical (unpaired) electrons. The molecule has 1 aliphatic rings. The lowest BCUT2D eigenvalue weighted by atomic mass is 9.99. The van der Waals surface area contributed by atoms with Crippen molar-refractivity contribution >= 4 is 12.2 Å². The van der Waals surface area contributed by atoms with Gasteiger partial charge in [-0.3, -0.25) is 0 Å². The van der Waals surface area contributed by atoms with Gasteiger partial charge in [-0.2, -0.15) is 0 Å². The van der Waals surface area contributed by atoms with Gasteiger partial charge in [-0.15, -0.1) is 0 Å². The Morgan fingerprint density at radius 1 is 0.968 bits per heavy atom. The molecule has 0 unspecified atom stereocenters. The molecule has 1 fully saturated rings. The second-order valence-electron chi connectivity index (χ2n) is 9.60. The summed E-state index contributed by atoms with van der Waals surface area (Å²) in [4.78, 5) is 23.7. The standard InChI is InChI=1S/C24H45NO6/c1-5-6-7-8-9-10-11-12-13-14-15-16-17-20-21(30-23(28)29-20)19(18-26)25-22(27)31-24(2,3)4/h19-21,26H,5-18H2,1-4H3,(H,25,27)/t19-,20+,21-/m0/s1. The number of nitrogens with one attached hydrogen (secondary N) is 1. The van der Waals surface area contributed by atoms with Crippen molar-refractivity contribution in [2.45, 2.75) is 135 Å². The monoisotopic (exact) mass is 443 g/mol. The van der Waals surface area contributed by atoms with E-state index >= 15 is 0 Å². The van der Waals surface area contributed by atoms with Gasteiger partial charge in [-0.05, 0) is 33.6 Å². The molecule has 0 saturated carbocycles.